The van der Waals surface area contributed by atoms with Crippen LogP contribution in [0, 0.1) is 0 Å². The third-order valence-corrected chi connectivity index (χ3v) is 4.41. The van der Waals surface area contributed by atoms with E-state index in [9.17, 15) is 5.11 Å². The van der Waals surface area contributed by atoms with Gasteiger partial charge in [0, 0.05) is 43.9 Å². The molecule has 0 radical (unpaired) electrons. The van der Waals surface area contributed by atoms with E-state index in [0.717, 1.165) is 31.7 Å². The lowest BCUT2D eigenvalue weighted by molar-refractivity contribution is 0.141. The van der Waals surface area contributed by atoms with Crippen LogP contribution in [0.15, 0.2) is 12.1 Å². The highest BCUT2D eigenvalue weighted by molar-refractivity contribution is 6.43. The van der Waals surface area contributed by atoms with Crippen molar-refractivity contribution in [3.63, 3.8) is 0 Å². The summed E-state index contributed by atoms with van der Waals surface area (Å²) in [6.07, 6.45) is 0.621. The van der Waals surface area contributed by atoms with Crippen LogP contribution in [-0.4, -0.2) is 42.8 Å². The number of benzene rings is 1. The van der Waals surface area contributed by atoms with Crippen molar-refractivity contribution in [3.8, 4) is 0 Å². The van der Waals surface area contributed by atoms with Gasteiger partial charge in [-0.25, -0.2) is 0 Å². The molecule has 1 fully saturated rings. The Hall–Kier alpha value is -0.0300. The molecule has 0 bridgehead atoms. The third kappa shape index (κ3) is 3.75. The van der Waals surface area contributed by atoms with Crippen LogP contribution in [0.5, 0.6) is 0 Å². The summed E-state index contributed by atoms with van der Waals surface area (Å²) in [6, 6.07) is 3.54. The molecule has 1 aliphatic rings. The fourth-order valence-corrected chi connectivity index (χ4v) is 3.21. The number of aliphatic hydroxyl groups is 1. The van der Waals surface area contributed by atoms with Gasteiger partial charge in [0.2, 0.25) is 0 Å². The quantitative estimate of drug-likeness (QED) is 0.836. The lowest BCUT2D eigenvalue weighted by Gasteiger charge is -2.35. The number of piperazine rings is 1. The summed E-state index contributed by atoms with van der Waals surface area (Å²) in [4.78, 5) is 2.31. The summed E-state index contributed by atoms with van der Waals surface area (Å²) in [6.45, 7) is 3.83. The zero-order valence-electron chi connectivity index (χ0n) is 10.5. The standard InChI is InChI=1S/C13H17Cl3N2O/c14-9-7-10(13(16)11(15)8-9)12(1-6-19)18-4-2-17-3-5-18/h7-8,12,17,19H,1-6H2/t12-/m0/s1. The molecule has 3 nitrogen and oxygen atoms in total. The summed E-state index contributed by atoms with van der Waals surface area (Å²) >= 11 is 18.5. The van der Waals surface area contributed by atoms with Crippen molar-refractivity contribution in [2.24, 2.45) is 0 Å². The molecule has 1 atom stereocenters. The van der Waals surface area contributed by atoms with Crippen LogP contribution < -0.4 is 5.32 Å². The fourth-order valence-electron chi connectivity index (χ4n) is 2.47. The molecule has 19 heavy (non-hydrogen) atoms. The molecule has 2 rings (SSSR count). The van der Waals surface area contributed by atoms with E-state index in [1.165, 1.54) is 0 Å². The van der Waals surface area contributed by atoms with Gasteiger partial charge in [-0.1, -0.05) is 34.8 Å². The highest BCUT2D eigenvalue weighted by Gasteiger charge is 2.24. The van der Waals surface area contributed by atoms with Crippen LogP contribution in [0.1, 0.15) is 18.0 Å². The van der Waals surface area contributed by atoms with Gasteiger partial charge < -0.3 is 10.4 Å². The lowest BCUT2D eigenvalue weighted by Crippen LogP contribution is -2.45. The molecule has 1 saturated heterocycles. The van der Waals surface area contributed by atoms with Crippen molar-refractivity contribution < 1.29 is 5.11 Å². The molecular formula is C13H17Cl3N2O. The number of aliphatic hydroxyl groups excluding tert-OH is 1. The molecule has 0 aliphatic carbocycles. The van der Waals surface area contributed by atoms with Crippen molar-refractivity contribution in [1.82, 2.24) is 10.2 Å². The second-order valence-electron chi connectivity index (χ2n) is 4.60. The Morgan fingerprint density at radius 3 is 2.53 bits per heavy atom. The topological polar surface area (TPSA) is 35.5 Å². The van der Waals surface area contributed by atoms with Crippen LogP contribution in [-0.2, 0) is 0 Å². The summed E-state index contributed by atoms with van der Waals surface area (Å²) in [5, 5.41) is 14.2. The molecular weight excluding hydrogens is 307 g/mol. The molecule has 6 heteroatoms. The zero-order valence-corrected chi connectivity index (χ0v) is 12.8. The van der Waals surface area contributed by atoms with Gasteiger partial charge in [-0.3, -0.25) is 4.90 Å². The lowest BCUT2D eigenvalue weighted by atomic mass is 10.0. The first-order valence-corrected chi connectivity index (χ1v) is 7.47. The molecule has 1 aromatic carbocycles. The Labute approximate surface area is 128 Å². The molecule has 1 aliphatic heterocycles. The van der Waals surface area contributed by atoms with Crippen molar-refractivity contribution in [3.05, 3.63) is 32.8 Å². The number of rotatable bonds is 4. The van der Waals surface area contributed by atoms with Crippen LogP contribution in [0.2, 0.25) is 15.1 Å². The van der Waals surface area contributed by atoms with Crippen LogP contribution in [0.3, 0.4) is 0 Å². The zero-order chi connectivity index (χ0) is 13.8. The number of hydrogen-bond donors (Lipinski definition) is 2. The van der Waals surface area contributed by atoms with Crippen LogP contribution in [0.4, 0.5) is 0 Å². The number of halogens is 3. The molecule has 0 aromatic heterocycles. The van der Waals surface area contributed by atoms with Gasteiger partial charge in [0.25, 0.3) is 0 Å². The fraction of sp³-hybridized carbons (Fsp3) is 0.538. The van der Waals surface area contributed by atoms with Crippen molar-refractivity contribution in [2.45, 2.75) is 12.5 Å². The highest BCUT2D eigenvalue weighted by atomic mass is 35.5. The Kier molecular flexibility index (Phi) is 5.75. The van der Waals surface area contributed by atoms with Gasteiger partial charge in [-0.2, -0.15) is 0 Å². The molecule has 2 N–H and O–H groups in total. The Balaban J connectivity index is 2.32. The van der Waals surface area contributed by atoms with E-state index in [0.29, 0.717) is 21.5 Å². The maximum atomic E-state index is 9.31. The first-order chi connectivity index (χ1) is 9.13. The van der Waals surface area contributed by atoms with Gasteiger partial charge in [0.15, 0.2) is 0 Å². The first-order valence-electron chi connectivity index (χ1n) is 6.33. The largest absolute Gasteiger partial charge is 0.396 e. The van der Waals surface area contributed by atoms with E-state index in [1.807, 2.05) is 6.07 Å². The Bertz CT molecular complexity index is 436. The highest BCUT2D eigenvalue weighted by Crippen LogP contribution is 2.37. The average Bonchev–Trinajstić information content (AvgIpc) is 2.41. The summed E-state index contributed by atoms with van der Waals surface area (Å²) in [7, 11) is 0. The second-order valence-corrected chi connectivity index (χ2v) is 5.83. The van der Waals surface area contributed by atoms with Crippen LogP contribution >= 0.6 is 34.8 Å². The molecule has 0 saturated carbocycles. The molecule has 1 heterocycles. The Morgan fingerprint density at radius 1 is 1.21 bits per heavy atom. The predicted molar refractivity (Wildman–Crippen MR) is 80.4 cm³/mol. The van der Waals surface area contributed by atoms with Crippen LogP contribution in [0.25, 0.3) is 0 Å². The maximum Gasteiger partial charge on any atom is 0.0641 e. The first kappa shape index (κ1) is 15.4. The minimum Gasteiger partial charge on any atom is -0.396 e. The monoisotopic (exact) mass is 322 g/mol. The van der Waals surface area contributed by atoms with Crippen molar-refractivity contribution in [1.29, 1.82) is 0 Å². The van der Waals surface area contributed by atoms with Crippen molar-refractivity contribution in [2.75, 3.05) is 32.8 Å². The summed E-state index contributed by atoms with van der Waals surface area (Å²) in [5.74, 6) is 0. The van der Waals surface area contributed by atoms with E-state index in [1.54, 1.807) is 6.07 Å². The average molecular weight is 324 g/mol. The van der Waals surface area contributed by atoms with E-state index in [4.69, 9.17) is 34.8 Å². The minimum absolute atomic E-state index is 0.0517. The second kappa shape index (κ2) is 7.11. The Morgan fingerprint density at radius 2 is 1.89 bits per heavy atom. The molecule has 0 spiro atoms. The maximum absolute atomic E-state index is 9.31. The molecule has 0 amide bonds. The smallest absolute Gasteiger partial charge is 0.0641 e. The summed E-state index contributed by atoms with van der Waals surface area (Å²) in [5.41, 5.74) is 0.898. The van der Waals surface area contributed by atoms with Gasteiger partial charge in [0.05, 0.1) is 10.0 Å². The SMILES string of the molecule is OCC[C@@H](c1cc(Cl)cc(Cl)c1Cl)N1CCNCC1. The minimum atomic E-state index is 0.0517. The normalized spacial score (nSPS) is 18.5. The number of hydrogen-bond acceptors (Lipinski definition) is 3. The number of nitrogens with one attached hydrogen (secondary N) is 1. The van der Waals surface area contributed by atoms with E-state index in [-0.39, 0.29) is 12.6 Å². The van der Waals surface area contributed by atoms with Gasteiger partial charge >= 0.3 is 0 Å². The van der Waals surface area contributed by atoms with E-state index >= 15 is 0 Å². The van der Waals surface area contributed by atoms with Crippen molar-refractivity contribution >= 4 is 34.8 Å². The molecule has 1 aromatic rings. The predicted octanol–water partition coefficient (Wildman–Crippen LogP) is 2.98. The van der Waals surface area contributed by atoms with Gasteiger partial charge in [0.1, 0.15) is 0 Å². The molecule has 106 valence electrons. The number of nitrogens with zero attached hydrogens (tertiary/aromatic N) is 1. The third-order valence-electron chi connectivity index (χ3n) is 3.38. The van der Waals surface area contributed by atoms with E-state index < -0.39 is 0 Å². The van der Waals surface area contributed by atoms with Gasteiger partial charge in [-0.05, 0) is 24.1 Å². The van der Waals surface area contributed by atoms with E-state index in [2.05, 4.69) is 10.2 Å². The molecule has 0 unspecified atom stereocenters. The summed E-state index contributed by atoms with van der Waals surface area (Å²) < 4.78 is 0. The van der Waals surface area contributed by atoms with Gasteiger partial charge in [-0.15, -0.1) is 0 Å².